The minimum absolute atomic E-state index is 0.00959. The fraction of sp³-hybridized carbons (Fsp3) is 0.333. The van der Waals surface area contributed by atoms with Crippen LogP contribution >= 0.6 is 0 Å². The van der Waals surface area contributed by atoms with Crippen molar-refractivity contribution in [3.8, 4) is 11.8 Å². The molecule has 160 valence electrons. The zero-order chi connectivity index (χ0) is 22.3. The molecule has 0 saturated heterocycles. The molecule has 2 atom stereocenters. The number of aromatic nitrogens is 2. The van der Waals surface area contributed by atoms with E-state index in [1.54, 1.807) is 0 Å². The van der Waals surface area contributed by atoms with Gasteiger partial charge < -0.3 is 26.2 Å². The minimum Gasteiger partial charge on any atom is -0.465 e. The van der Waals surface area contributed by atoms with Gasteiger partial charge >= 0.3 is 12.3 Å². The van der Waals surface area contributed by atoms with E-state index in [9.17, 15) is 27.9 Å². The first-order valence-electron chi connectivity index (χ1n) is 8.54. The molecule has 0 aliphatic rings. The van der Waals surface area contributed by atoms with E-state index in [1.165, 1.54) is 13.0 Å². The van der Waals surface area contributed by atoms with Crippen molar-refractivity contribution in [3.05, 3.63) is 30.1 Å². The molecule has 0 fully saturated rings. The van der Waals surface area contributed by atoms with E-state index in [-0.39, 0.29) is 23.3 Å². The lowest BCUT2D eigenvalue weighted by Crippen LogP contribution is -2.51. The van der Waals surface area contributed by atoms with Crippen LogP contribution in [0, 0.1) is 11.8 Å². The maximum absolute atomic E-state index is 13.0. The Morgan fingerprint density at radius 3 is 2.63 bits per heavy atom. The van der Waals surface area contributed by atoms with Gasteiger partial charge in [-0.2, -0.15) is 13.2 Å². The molecule has 12 heteroatoms. The maximum Gasteiger partial charge on any atom is 0.416 e. The van der Waals surface area contributed by atoms with Gasteiger partial charge in [0, 0.05) is 11.9 Å². The Kier molecular flexibility index (Phi) is 7.38. The third kappa shape index (κ3) is 6.21. The highest BCUT2D eigenvalue weighted by molar-refractivity contribution is 5.91. The molecule has 1 aromatic heterocycles. The normalized spacial score (nSPS) is 13.0. The first-order valence-corrected chi connectivity index (χ1v) is 8.54. The third-order valence-corrected chi connectivity index (χ3v) is 3.87. The second kappa shape index (κ2) is 9.75. The number of anilines is 1. The highest BCUT2D eigenvalue weighted by atomic mass is 19.4. The quantitative estimate of drug-likeness (QED) is 0.421. The first kappa shape index (κ1) is 22.7. The van der Waals surface area contributed by atoms with Crippen LogP contribution in [0.2, 0.25) is 0 Å². The average molecular weight is 425 g/mol. The van der Waals surface area contributed by atoms with Gasteiger partial charge in [-0.05, 0) is 25.1 Å². The largest absolute Gasteiger partial charge is 0.465 e. The highest BCUT2D eigenvalue weighted by Gasteiger charge is 2.31. The summed E-state index contributed by atoms with van der Waals surface area (Å²) < 4.78 is 38.9. The molecule has 5 N–H and O–H groups in total. The van der Waals surface area contributed by atoms with Crippen LogP contribution in [0.3, 0.4) is 0 Å². The zero-order valence-electron chi connectivity index (χ0n) is 15.6. The lowest BCUT2D eigenvalue weighted by atomic mass is 10.1. The van der Waals surface area contributed by atoms with E-state index in [2.05, 4.69) is 32.4 Å². The topological polar surface area (TPSA) is 136 Å². The molecule has 0 unspecified atom stereocenters. The number of carbonyl (C=O) groups excluding carboxylic acids is 1. The van der Waals surface area contributed by atoms with Gasteiger partial charge in [-0.25, -0.2) is 14.8 Å². The first-order chi connectivity index (χ1) is 14.1. The number of rotatable bonds is 7. The Morgan fingerprint density at radius 2 is 2.00 bits per heavy atom. The second-order valence-electron chi connectivity index (χ2n) is 6.00. The average Bonchev–Trinajstić information content (AvgIpc) is 2.68. The summed E-state index contributed by atoms with van der Waals surface area (Å²) in [5, 5.41) is 25.8. The van der Waals surface area contributed by atoms with Gasteiger partial charge in [-0.1, -0.05) is 5.92 Å². The Labute approximate surface area is 168 Å². The van der Waals surface area contributed by atoms with Crippen molar-refractivity contribution in [2.75, 3.05) is 18.4 Å². The summed E-state index contributed by atoms with van der Waals surface area (Å²) in [4.78, 5) is 30.6. The highest BCUT2D eigenvalue weighted by Crippen LogP contribution is 2.32. The molecular weight excluding hydrogens is 407 g/mol. The lowest BCUT2D eigenvalue weighted by molar-refractivity contribution is -0.137. The summed E-state index contributed by atoms with van der Waals surface area (Å²) in [5.74, 6) is 4.20. The number of carbonyl (C=O) groups is 2. The number of aliphatic hydroxyl groups excluding tert-OH is 1. The summed E-state index contributed by atoms with van der Waals surface area (Å²) in [5.41, 5.74) is -0.642. The molecule has 2 amide bonds. The van der Waals surface area contributed by atoms with Crippen molar-refractivity contribution in [1.29, 1.82) is 0 Å². The Morgan fingerprint density at radius 1 is 1.27 bits per heavy atom. The van der Waals surface area contributed by atoms with Crippen molar-refractivity contribution in [2.45, 2.75) is 25.2 Å². The molecule has 0 saturated carbocycles. The maximum atomic E-state index is 13.0. The molecule has 2 aromatic rings. The van der Waals surface area contributed by atoms with E-state index in [0.717, 1.165) is 18.5 Å². The van der Waals surface area contributed by atoms with E-state index in [0.29, 0.717) is 0 Å². The number of carboxylic acid groups (broad SMARTS) is 1. The fourth-order valence-corrected chi connectivity index (χ4v) is 2.48. The van der Waals surface area contributed by atoms with E-state index in [1.807, 2.05) is 5.32 Å². The Balaban J connectivity index is 2.12. The molecule has 0 spiro atoms. The summed E-state index contributed by atoms with van der Waals surface area (Å²) in [6.07, 6.45) is -6.10. The number of hydrogen-bond donors (Lipinski definition) is 5. The predicted octanol–water partition coefficient (Wildman–Crippen LogP) is 1.20. The molecular formula is C18H18F3N5O4. The standard InChI is InChI=1S/C18H18F3N5O4/c1-2-3-14(27)13(7-23-17(29)30)26-15(28)8-22-16-11-6-10(18(19,20)21)4-5-12(11)24-9-25-16/h4-6,9,13-14,23,27H,7-8H2,1H3,(H,26,28)(H,29,30)(H,22,24,25)/t13-,14-/m0/s1. The van der Waals surface area contributed by atoms with Crippen LogP contribution < -0.4 is 16.0 Å². The van der Waals surface area contributed by atoms with Crippen molar-refractivity contribution in [3.63, 3.8) is 0 Å². The zero-order valence-corrected chi connectivity index (χ0v) is 15.6. The number of hydrogen-bond acceptors (Lipinski definition) is 6. The van der Waals surface area contributed by atoms with Crippen LogP contribution in [-0.4, -0.2) is 57.4 Å². The van der Waals surface area contributed by atoms with Crippen LogP contribution in [-0.2, 0) is 11.0 Å². The van der Waals surface area contributed by atoms with Crippen molar-refractivity contribution < 1.29 is 33.0 Å². The van der Waals surface area contributed by atoms with Gasteiger partial charge in [0.2, 0.25) is 5.91 Å². The van der Waals surface area contributed by atoms with Crippen LogP contribution in [0.5, 0.6) is 0 Å². The van der Waals surface area contributed by atoms with E-state index >= 15 is 0 Å². The van der Waals surface area contributed by atoms with Gasteiger partial charge in [0.1, 0.15) is 18.2 Å². The Hall–Kier alpha value is -3.59. The molecule has 0 bridgehead atoms. The van der Waals surface area contributed by atoms with E-state index < -0.39 is 42.4 Å². The Bertz CT molecular complexity index is 987. The number of fused-ring (bicyclic) bond motifs is 1. The number of aliphatic hydroxyl groups is 1. The summed E-state index contributed by atoms with van der Waals surface area (Å²) in [6.45, 7) is 0.754. The molecule has 0 aliphatic heterocycles. The van der Waals surface area contributed by atoms with E-state index in [4.69, 9.17) is 5.11 Å². The predicted molar refractivity (Wildman–Crippen MR) is 100 cm³/mol. The third-order valence-electron chi connectivity index (χ3n) is 3.87. The SMILES string of the molecule is CC#C[C@H](O)[C@H](CNC(=O)O)NC(=O)CNc1ncnc2ccc(C(F)(F)F)cc12. The van der Waals surface area contributed by atoms with Crippen molar-refractivity contribution in [1.82, 2.24) is 20.6 Å². The number of amides is 2. The number of benzene rings is 1. The molecule has 1 heterocycles. The van der Waals surface area contributed by atoms with Crippen molar-refractivity contribution >= 4 is 28.7 Å². The second-order valence-corrected chi connectivity index (χ2v) is 6.00. The summed E-state index contributed by atoms with van der Waals surface area (Å²) in [6, 6.07) is 1.91. The lowest BCUT2D eigenvalue weighted by Gasteiger charge is -2.21. The van der Waals surface area contributed by atoms with Gasteiger partial charge in [0.05, 0.1) is 23.7 Å². The fourth-order valence-electron chi connectivity index (χ4n) is 2.48. The molecule has 0 radical (unpaired) electrons. The smallest absolute Gasteiger partial charge is 0.416 e. The number of halogens is 3. The van der Waals surface area contributed by atoms with Crippen LogP contribution in [0.15, 0.2) is 24.5 Å². The summed E-state index contributed by atoms with van der Waals surface area (Å²) in [7, 11) is 0. The van der Waals surface area contributed by atoms with Crippen molar-refractivity contribution in [2.24, 2.45) is 0 Å². The van der Waals surface area contributed by atoms with Gasteiger partial charge in [0.25, 0.3) is 0 Å². The monoisotopic (exact) mass is 425 g/mol. The van der Waals surface area contributed by atoms with Crippen LogP contribution in [0.4, 0.5) is 23.8 Å². The molecule has 1 aromatic carbocycles. The van der Waals surface area contributed by atoms with Gasteiger partial charge in [-0.15, -0.1) is 5.92 Å². The number of nitrogens with zero attached hydrogens (tertiary/aromatic N) is 2. The van der Waals surface area contributed by atoms with Gasteiger partial charge in [0.15, 0.2) is 0 Å². The van der Waals surface area contributed by atoms with Gasteiger partial charge in [-0.3, -0.25) is 4.79 Å². The minimum atomic E-state index is -4.56. The molecule has 2 rings (SSSR count). The molecule has 30 heavy (non-hydrogen) atoms. The van der Waals surface area contributed by atoms with Crippen LogP contribution in [0.1, 0.15) is 12.5 Å². The number of nitrogens with one attached hydrogen (secondary N) is 3. The number of alkyl halides is 3. The summed E-state index contributed by atoms with van der Waals surface area (Å²) >= 11 is 0. The molecule has 0 aliphatic carbocycles. The molecule has 9 nitrogen and oxygen atoms in total. The van der Waals surface area contributed by atoms with Crippen LogP contribution in [0.25, 0.3) is 10.9 Å².